The van der Waals surface area contributed by atoms with E-state index >= 15 is 0 Å². The number of hydrogen-bond acceptors (Lipinski definition) is 5. The third kappa shape index (κ3) is 3.31. The summed E-state index contributed by atoms with van der Waals surface area (Å²) in [5, 5.41) is 13.1. The predicted molar refractivity (Wildman–Crippen MR) is 101 cm³/mol. The number of benzene rings is 1. The fourth-order valence-corrected chi connectivity index (χ4v) is 4.53. The highest BCUT2D eigenvalue weighted by atomic mass is 32.1. The van der Waals surface area contributed by atoms with Gasteiger partial charge in [-0.1, -0.05) is 12.5 Å². The Morgan fingerprint density at radius 3 is 2.92 bits per heavy atom. The highest BCUT2D eigenvalue weighted by Crippen LogP contribution is 2.37. The van der Waals surface area contributed by atoms with Crippen LogP contribution in [0.2, 0.25) is 0 Å². The standard InChI is InChI=1S/C20H18N2O3S/c21-11-15-14-4-2-1-3-5-18(14)26-20(15)22-19(23)9-7-13-6-8-16-17(10-13)25-12-24-16/h6-10H,1-5,12H2,(H,22,23). The van der Waals surface area contributed by atoms with Gasteiger partial charge in [0.25, 0.3) is 0 Å². The SMILES string of the molecule is N#Cc1c(NC(=O)C=Cc2ccc3c(c2)OCO3)sc2c1CCCCC2. The lowest BCUT2D eigenvalue weighted by Gasteiger charge is -2.01. The third-order valence-corrected chi connectivity index (χ3v) is 5.80. The zero-order valence-corrected chi connectivity index (χ0v) is 15.0. The molecule has 0 fully saturated rings. The number of carbonyl (C=O) groups excluding carboxylic acids is 1. The van der Waals surface area contributed by atoms with Crippen LogP contribution >= 0.6 is 11.3 Å². The Morgan fingerprint density at radius 2 is 2.04 bits per heavy atom. The number of anilines is 1. The van der Waals surface area contributed by atoms with E-state index in [0.29, 0.717) is 22.1 Å². The minimum absolute atomic E-state index is 0.225. The van der Waals surface area contributed by atoms with Crippen LogP contribution < -0.4 is 14.8 Å². The van der Waals surface area contributed by atoms with E-state index in [0.717, 1.165) is 36.8 Å². The molecule has 0 atom stereocenters. The molecular formula is C20H18N2O3S. The van der Waals surface area contributed by atoms with Crippen LogP contribution in [0.3, 0.4) is 0 Å². The van der Waals surface area contributed by atoms with Gasteiger partial charge in [-0.2, -0.15) is 5.26 Å². The third-order valence-electron chi connectivity index (χ3n) is 4.59. The molecule has 0 saturated carbocycles. The van der Waals surface area contributed by atoms with E-state index in [1.165, 1.54) is 17.4 Å². The van der Waals surface area contributed by atoms with Gasteiger partial charge in [0.1, 0.15) is 11.1 Å². The Morgan fingerprint density at radius 1 is 1.19 bits per heavy atom. The molecule has 0 spiro atoms. The van der Waals surface area contributed by atoms with Crippen molar-refractivity contribution < 1.29 is 14.3 Å². The summed E-state index contributed by atoms with van der Waals surface area (Å²) >= 11 is 1.54. The Bertz CT molecular complexity index is 924. The van der Waals surface area contributed by atoms with Gasteiger partial charge < -0.3 is 14.8 Å². The molecule has 1 N–H and O–H groups in total. The van der Waals surface area contributed by atoms with Crippen LogP contribution in [0, 0.1) is 11.3 Å². The summed E-state index contributed by atoms with van der Waals surface area (Å²) < 4.78 is 10.6. The Labute approximate surface area is 155 Å². The Balaban J connectivity index is 1.49. The quantitative estimate of drug-likeness (QED) is 0.650. The Kier molecular flexibility index (Phi) is 4.63. The van der Waals surface area contributed by atoms with Crippen LogP contribution in [0.1, 0.15) is 40.8 Å². The number of carbonyl (C=O) groups is 1. The van der Waals surface area contributed by atoms with Gasteiger partial charge in [0.05, 0.1) is 5.56 Å². The molecule has 1 aromatic heterocycles. The average Bonchev–Trinajstić information content (AvgIpc) is 3.16. The normalized spacial score (nSPS) is 15.3. The number of rotatable bonds is 3. The highest BCUT2D eigenvalue weighted by Gasteiger charge is 2.20. The van der Waals surface area contributed by atoms with Crippen molar-refractivity contribution in [3.8, 4) is 17.6 Å². The van der Waals surface area contributed by atoms with Crippen molar-refractivity contribution in [3.63, 3.8) is 0 Å². The first-order valence-corrected chi connectivity index (χ1v) is 9.49. The van der Waals surface area contributed by atoms with Crippen LogP contribution in [-0.2, 0) is 17.6 Å². The molecule has 0 unspecified atom stereocenters. The van der Waals surface area contributed by atoms with Gasteiger partial charge in [-0.3, -0.25) is 4.79 Å². The fourth-order valence-electron chi connectivity index (χ4n) is 3.29. The van der Waals surface area contributed by atoms with E-state index in [1.807, 2.05) is 18.2 Å². The van der Waals surface area contributed by atoms with Crippen LogP contribution in [-0.4, -0.2) is 12.7 Å². The van der Waals surface area contributed by atoms with Crippen molar-refractivity contribution in [2.24, 2.45) is 0 Å². The molecule has 1 aliphatic heterocycles. The average molecular weight is 366 g/mol. The molecule has 1 aromatic carbocycles. The number of nitrogens with one attached hydrogen (secondary N) is 1. The molecule has 2 aromatic rings. The van der Waals surface area contributed by atoms with Gasteiger partial charge in [-0.15, -0.1) is 11.3 Å². The maximum absolute atomic E-state index is 12.3. The molecule has 1 aliphatic carbocycles. The molecule has 1 amide bonds. The van der Waals surface area contributed by atoms with Gasteiger partial charge in [-0.05, 0) is 55.0 Å². The maximum atomic E-state index is 12.3. The molecule has 6 heteroatoms. The minimum Gasteiger partial charge on any atom is -0.454 e. The van der Waals surface area contributed by atoms with Gasteiger partial charge >= 0.3 is 0 Å². The summed E-state index contributed by atoms with van der Waals surface area (Å²) in [6.45, 7) is 0.225. The summed E-state index contributed by atoms with van der Waals surface area (Å²) in [6.07, 6.45) is 8.58. The first-order chi connectivity index (χ1) is 12.7. The first-order valence-electron chi connectivity index (χ1n) is 8.68. The van der Waals surface area contributed by atoms with Crippen LogP contribution in [0.5, 0.6) is 11.5 Å². The maximum Gasteiger partial charge on any atom is 0.249 e. The second-order valence-corrected chi connectivity index (χ2v) is 7.42. The number of hydrogen-bond donors (Lipinski definition) is 1. The second kappa shape index (κ2) is 7.22. The lowest BCUT2D eigenvalue weighted by Crippen LogP contribution is -2.07. The van der Waals surface area contributed by atoms with Crippen molar-refractivity contribution in [3.05, 3.63) is 45.8 Å². The number of nitriles is 1. The number of nitrogens with zero attached hydrogens (tertiary/aromatic N) is 1. The highest BCUT2D eigenvalue weighted by molar-refractivity contribution is 7.16. The number of fused-ring (bicyclic) bond motifs is 2. The monoisotopic (exact) mass is 366 g/mol. The molecule has 0 bridgehead atoms. The van der Waals surface area contributed by atoms with Crippen molar-refractivity contribution in [1.29, 1.82) is 5.26 Å². The molecule has 26 heavy (non-hydrogen) atoms. The molecule has 4 rings (SSSR count). The van der Waals surface area contributed by atoms with Crippen LogP contribution in [0.4, 0.5) is 5.00 Å². The van der Waals surface area contributed by atoms with Crippen molar-refractivity contribution >= 4 is 28.3 Å². The largest absolute Gasteiger partial charge is 0.454 e. The van der Waals surface area contributed by atoms with E-state index in [9.17, 15) is 10.1 Å². The number of aryl methyl sites for hydroxylation is 1. The number of amides is 1. The molecule has 0 saturated heterocycles. The molecule has 5 nitrogen and oxygen atoms in total. The smallest absolute Gasteiger partial charge is 0.249 e. The van der Waals surface area contributed by atoms with Crippen LogP contribution in [0.15, 0.2) is 24.3 Å². The van der Waals surface area contributed by atoms with Gasteiger partial charge in [0, 0.05) is 11.0 Å². The van der Waals surface area contributed by atoms with E-state index in [4.69, 9.17) is 9.47 Å². The van der Waals surface area contributed by atoms with Crippen molar-refractivity contribution in [2.45, 2.75) is 32.1 Å². The van der Waals surface area contributed by atoms with Crippen molar-refractivity contribution in [2.75, 3.05) is 12.1 Å². The number of thiophene rings is 1. The zero-order chi connectivity index (χ0) is 17.9. The van der Waals surface area contributed by atoms with E-state index in [2.05, 4.69) is 11.4 Å². The zero-order valence-electron chi connectivity index (χ0n) is 14.2. The van der Waals surface area contributed by atoms with Crippen molar-refractivity contribution in [1.82, 2.24) is 0 Å². The summed E-state index contributed by atoms with van der Waals surface area (Å²) in [6, 6.07) is 7.80. The Hall–Kier alpha value is -2.78. The lowest BCUT2D eigenvalue weighted by atomic mass is 10.1. The van der Waals surface area contributed by atoms with E-state index < -0.39 is 0 Å². The second-order valence-electron chi connectivity index (χ2n) is 6.32. The summed E-state index contributed by atoms with van der Waals surface area (Å²) in [5.74, 6) is 1.15. The van der Waals surface area contributed by atoms with Gasteiger partial charge in [-0.25, -0.2) is 0 Å². The molecule has 2 heterocycles. The summed E-state index contributed by atoms with van der Waals surface area (Å²) in [7, 11) is 0. The topological polar surface area (TPSA) is 71.4 Å². The van der Waals surface area contributed by atoms with E-state index in [-0.39, 0.29) is 12.7 Å². The first kappa shape index (κ1) is 16.7. The summed E-state index contributed by atoms with van der Waals surface area (Å²) in [4.78, 5) is 13.6. The van der Waals surface area contributed by atoms with Crippen LogP contribution in [0.25, 0.3) is 6.08 Å². The minimum atomic E-state index is -0.240. The predicted octanol–water partition coefficient (Wildman–Crippen LogP) is 4.27. The molecule has 2 aliphatic rings. The van der Waals surface area contributed by atoms with Gasteiger partial charge in [0.2, 0.25) is 12.7 Å². The number of ether oxygens (including phenoxy) is 2. The van der Waals surface area contributed by atoms with E-state index in [1.54, 1.807) is 17.4 Å². The summed E-state index contributed by atoms with van der Waals surface area (Å²) in [5.41, 5.74) is 2.62. The lowest BCUT2D eigenvalue weighted by molar-refractivity contribution is -0.111. The molecular weight excluding hydrogens is 348 g/mol. The fraction of sp³-hybridized carbons (Fsp3) is 0.300. The molecule has 132 valence electrons. The van der Waals surface area contributed by atoms with Gasteiger partial charge in [0.15, 0.2) is 11.5 Å². The molecule has 0 radical (unpaired) electrons.